The summed E-state index contributed by atoms with van der Waals surface area (Å²) in [5.41, 5.74) is 0.805. The Morgan fingerprint density at radius 1 is 1.28 bits per heavy atom. The summed E-state index contributed by atoms with van der Waals surface area (Å²) >= 11 is 0. The van der Waals surface area contributed by atoms with Gasteiger partial charge in [0.05, 0.1) is 12.5 Å². The molecular weight excluding hydrogens is 318 g/mol. The molecule has 2 N–H and O–H groups in total. The molecule has 1 aromatic heterocycles. The molecule has 6 heteroatoms. The first kappa shape index (κ1) is 17.5. The Hall–Kier alpha value is -2.34. The number of amides is 2. The topological polar surface area (TPSA) is 74.6 Å². The van der Waals surface area contributed by atoms with Gasteiger partial charge in [-0.05, 0) is 31.9 Å². The molecule has 0 aliphatic carbocycles. The second-order valence-electron chi connectivity index (χ2n) is 6.64. The fourth-order valence-electron chi connectivity index (χ4n) is 3.19. The van der Waals surface area contributed by atoms with Crippen molar-refractivity contribution in [1.29, 1.82) is 0 Å². The fraction of sp³-hybridized carbons (Fsp3) is 0.474. The lowest BCUT2D eigenvalue weighted by Gasteiger charge is -2.32. The van der Waals surface area contributed by atoms with Gasteiger partial charge in [0.1, 0.15) is 11.3 Å². The maximum absolute atomic E-state index is 12.5. The Kier molecular flexibility index (Phi) is 5.38. The van der Waals surface area contributed by atoms with Crippen molar-refractivity contribution in [1.82, 2.24) is 15.5 Å². The van der Waals surface area contributed by atoms with E-state index in [1.807, 2.05) is 37.3 Å². The molecule has 2 heterocycles. The quantitative estimate of drug-likeness (QED) is 0.869. The molecule has 0 spiro atoms. The first-order valence-corrected chi connectivity index (χ1v) is 8.78. The van der Waals surface area contributed by atoms with E-state index in [0.29, 0.717) is 12.3 Å². The molecule has 0 radical (unpaired) electrons. The van der Waals surface area contributed by atoms with Crippen molar-refractivity contribution in [3.8, 4) is 0 Å². The highest BCUT2D eigenvalue weighted by Crippen LogP contribution is 2.25. The minimum absolute atomic E-state index is 0.0104. The van der Waals surface area contributed by atoms with Crippen LogP contribution in [0.4, 0.5) is 0 Å². The van der Waals surface area contributed by atoms with E-state index in [9.17, 15) is 9.59 Å². The summed E-state index contributed by atoms with van der Waals surface area (Å²) in [5, 5.41) is 6.78. The Morgan fingerprint density at radius 3 is 2.68 bits per heavy atom. The lowest BCUT2D eigenvalue weighted by atomic mass is 10.0. The van der Waals surface area contributed by atoms with Gasteiger partial charge in [0.2, 0.25) is 11.8 Å². The zero-order valence-corrected chi connectivity index (χ0v) is 14.7. The number of carbonyl (C=O) groups is 2. The molecule has 0 bridgehead atoms. The zero-order valence-electron chi connectivity index (χ0n) is 14.7. The van der Waals surface area contributed by atoms with Crippen molar-refractivity contribution in [3.05, 3.63) is 36.1 Å². The predicted octanol–water partition coefficient (Wildman–Crippen LogP) is 1.86. The average molecular weight is 343 g/mol. The van der Waals surface area contributed by atoms with Crippen molar-refractivity contribution in [2.75, 3.05) is 26.7 Å². The molecule has 1 atom stereocenters. The van der Waals surface area contributed by atoms with Crippen LogP contribution < -0.4 is 10.6 Å². The van der Waals surface area contributed by atoms with E-state index in [2.05, 4.69) is 15.5 Å². The number of benzene rings is 1. The highest BCUT2D eigenvalue weighted by Gasteiger charge is 2.25. The van der Waals surface area contributed by atoms with Gasteiger partial charge in [-0.15, -0.1) is 0 Å². The predicted molar refractivity (Wildman–Crippen MR) is 96.3 cm³/mol. The molecule has 1 saturated heterocycles. The number of likely N-dealkylation sites (tertiary alicyclic amines) is 1. The van der Waals surface area contributed by atoms with Crippen LogP contribution in [0.3, 0.4) is 0 Å². The van der Waals surface area contributed by atoms with Crippen LogP contribution in [0.5, 0.6) is 0 Å². The van der Waals surface area contributed by atoms with Gasteiger partial charge in [-0.25, -0.2) is 0 Å². The monoisotopic (exact) mass is 343 g/mol. The van der Waals surface area contributed by atoms with E-state index in [1.165, 1.54) is 0 Å². The number of para-hydroxylation sites is 1. The van der Waals surface area contributed by atoms with E-state index < -0.39 is 0 Å². The summed E-state index contributed by atoms with van der Waals surface area (Å²) in [5.74, 6) is 0.386. The van der Waals surface area contributed by atoms with Crippen LogP contribution in [0.15, 0.2) is 34.7 Å². The second kappa shape index (κ2) is 7.70. The molecule has 2 aromatic rings. The number of furan rings is 1. The summed E-state index contributed by atoms with van der Waals surface area (Å²) in [6.07, 6.45) is 1.71. The molecule has 1 aliphatic rings. The van der Waals surface area contributed by atoms with Gasteiger partial charge in [0.15, 0.2) is 0 Å². The van der Waals surface area contributed by atoms with Gasteiger partial charge in [0.25, 0.3) is 0 Å². The summed E-state index contributed by atoms with van der Waals surface area (Å²) < 4.78 is 5.80. The van der Waals surface area contributed by atoms with Crippen molar-refractivity contribution in [3.63, 3.8) is 0 Å². The molecule has 6 nitrogen and oxygen atoms in total. The number of hydrogen-bond acceptors (Lipinski definition) is 4. The Bertz CT molecular complexity index is 714. The number of rotatable bonds is 5. The number of likely N-dealkylation sites (N-methyl/N-ethyl adjacent to an activating group) is 1. The van der Waals surface area contributed by atoms with Gasteiger partial charge in [0, 0.05) is 31.6 Å². The zero-order chi connectivity index (χ0) is 17.8. The van der Waals surface area contributed by atoms with Gasteiger partial charge in [-0.1, -0.05) is 18.2 Å². The minimum atomic E-state index is -0.323. The van der Waals surface area contributed by atoms with Crippen LogP contribution in [0, 0.1) is 0 Å². The van der Waals surface area contributed by atoms with Crippen LogP contribution in [0.25, 0.3) is 11.0 Å². The highest BCUT2D eigenvalue weighted by molar-refractivity contribution is 5.85. The lowest BCUT2D eigenvalue weighted by Crippen LogP contribution is -2.47. The SMILES string of the molecule is CNC(=O)CN1CCC(NC(=O)[C@@H](C)c2cc3ccccc3o2)CC1. The molecule has 2 amide bonds. The number of nitrogens with zero attached hydrogens (tertiary/aromatic N) is 1. The van der Waals surface area contributed by atoms with E-state index >= 15 is 0 Å². The van der Waals surface area contributed by atoms with E-state index in [4.69, 9.17) is 4.42 Å². The summed E-state index contributed by atoms with van der Waals surface area (Å²) in [6.45, 7) is 3.93. The van der Waals surface area contributed by atoms with Crippen molar-refractivity contribution >= 4 is 22.8 Å². The molecular formula is C19H25N3O3. The normalized spacial score (nSPS) is 17.4. The Balaban J connectivity index is 1.53. The van der Waals surface area contributed by atoms with Crippen LogP contribution in [0.2, 0.25) is 0 Å². The molecule has 1 fully saturated rings. The maximum atomic E-state index is 12.5. The highest BCUT2D eigenvalue weighted by atomic mass is 16.3. The number of carbonyl (C=O) groups excluding carboxylic acids is 2. The van der Waals surface area contributed by atoms with Gasteiger partial charge < -0.3 is 15.1 Å². The first-order chi connectivity index (χ1) is 12.1. The van der Waals surface area contributed by atoms with Crippen LogP contribution in [-0.4, -0.2) is 49.4 Å². The van der Waals surface area contributed by atoms with Gasteiger partial charge in [-0.3, -0.25) is 14.5 Å². The van der Waals surface area contributed by atoms with Crippen LogP contribution >= 0.6 is 0 Å². The summed E-state index contributed by atoms with van der Waals surface area (Å²) in [4.78, 5) is 26.1. The van der Waals surface area contributed by atoms with Crippen molar-refractivity contribution < 1.29 is 14.0 Å². The van der Waals surface area contributed by atoms with Crippen molar-refractivity contribution in [2.45, 2.75) is 31.7 Å². The van der Waals surface area contributed by atoms with Gasteiger partial charge >= 0.3 is 0 Å². The molecule has 0 unspecified atom stereocenters. The molecule has 134 valence electrons. The summed E-state index contributed by atoms with van der Waals surface area (Å²) in [7, 11) is 1.65. The molecule has 3 rings (SSSR count). The Morgan fingerprint density at radius 2 is 2.00 bits per heavy atom. The molecule has 25 heavy (non-hydrogen) atoms. The molecule has 0 saturated carbocycles. The van der Waals surface area contributed by atoms with E-state index in [1.54, 1.807) is 7.05 Å². The number of hydrogen-bond donors (Lipinski definition) is 2. The Labute approximate surface area is 147 Å². The van der Waals surface area contributed by atoms with Crippen LogP contribution in [-0.2, 0) is 9.59 Å². The number of fused-ring (bicyclic) bond motifs is 1. The standard InChI is InChI=1S/C19H25N3O3/c1-13(17-11-14-5-3-4-6-16(14)25-17)19(24)21-15-7-9-22(10-8-15)12-18(23)20-2/h3-6,11,13,15H,7-10,12H2,1-2H3,(H,20,23)(H,21,24)/t13-/m0/s1. The second-order valence-corrected chi connectivity index (χ2v) is 6.64. The average Bonchev–Trinajstić information content (AvgIpc) is 3.06. The third-order valence-corrected chi connectivity index (χ3v) is 4.84. The molecule has 1 aromatic carbocycles. The third-order valence-electron chi connectivity index (χ3n) is 4.84. The first-order valence-electron chi connectivity index (χ1n) is 8.78. The smallest absolute Gasteiger partial charge is 0.233 e. The number of nitrogens with one attached hydrogen (secondary N) is 2. The summed E-state index contributed by atoms with van der Waals surface area (Å²) in [6, 6.07) is 9.86. The number of piperidine rings is 1. The van der Waals surface area contributed by atoms with Gasteiger partial charge in [-0.2, -0.15) is 0 Å². The largest absolute Gasteiger partial charge is 0.460 e. The maximum Gasteiger partial charge on any atom is 0.233 e. The lowest BCUT2D eigenvalue weighted by molar-refractivity contribution is -0.124. The van der Waals surface area contributed by atoms with E-state index in [-0.39, 0.29) is 23.8 Å². The third kappa shape index (κ3) is 4.20. The van der Waals surface area contributed by atoms with E-state index in [0.717, 1.165) is 36.9 Å². The molecule has 1 aliphatic heterocycles. The van der Waals surface area contributed by atoms with Crippen LogP contribution in [0.1, 0.15) is 31.4 Å². The van der Waals surface area contributed by atoms with Crippen molar-refractivity contribution in [2.24, 2.45) is 0 Å². The fourth-order valence-corrected chi connectivity index (χ4v) is 3.19. The minimum Gasteiger partial charge on any atom is -0.460 e.